The van der Waals surface area contributed by atoms with E-state index in [1.54, 1.807) is 0 Å². The van der Waals surface area contributed by atoms with Crippen LogP contribution in [0.3, 0.4) is 0 Å². The fraction of sp³-hybridized carbons (Fsp3) is 0.265. The topological polar surface area (TPSA) is 6.48 Å². The van der Waals surface area contributed by atoms with E-state index in [0.717, 1.165) is 25.9 Å². The zero-order valence-electron chi connectivity index (χ0n) is 31.2. The molecule has 5 aromatic carbocycles. The summed E-state index contributed by atoms with van der Waals surface area (Å²) in [6, 6.07) is 36.5. The maximum absolute atomic E-state index is 4.21. The van der Waals surface area contributed by atoms with Gasteiger partial charge in [0.25, 0.3) is 0 Å². The zero-order chi connectivity index (χ0) is 35.7. The third-order valence-electron chi connectivity index (χ3n) is 12.2. The molecule has 0 saturated heterocycles. The lowest BCUT2D eigenvalue weighted by atomic mass is 9.76. The van der Waals surface area contributed by atoms with Gasteiger partial charge in [-0.05, 0) is 104 Å². The van der Waals surface area contributed by atoms with Crippen molar-refractivity contribution in [2.24, 2.45) is 5.41 Å². The summed E-state index contributed by atoms with van der Waals surface area (Å²) < 4.78 is 0. The summed E-state index contributed by atoms with van der Waals surface area (Å²) >= 11 is 0. The number of fused-ring (bicyclic) bond motifs is 5. The van der Waals surface area contributed by atoms with Gasteiger partial charge < -0.3 is 9.80 Å². The maximum Gasteiger partial charge on any atom is 0.0490 e. The van der Waals surface area contributed by atoms with Crippen LogP contribution in [0.1, 0.15) is 82.2 Å². The highest BCUT2D eigenvalue weighted by molar-refractivity contribution is 6.02. The molecule has 0 fully saturated rings. The van der Waals surface area contributed by atoms with Crippen LogP contribution in [0.5, 0.6) is 0 Å². The van der Waals surface area contributed by atoms with E-state index in [-0.39, 0.29) is 16.2 Å². The number of rotatable bonds is 6. The Morgan fingerprint density at radius 2 is 1.24 bits per heavy atom. The van der Waals surface area contributed by atoms with Crippen molar-refractivity contribution in [3.05, 3.63) is 161 Å². The Balaban J connectivity index is 1.11. The quantitative estimate of drug-likeness (QED) is 0.166. The summed E-state index contributed by atoms with van der Waals surface area (Å²) in [4.78, 5) is 4.96. The number of para-hydroxylation sites is 1. The van der Waals surface area contributed by atoms with Crippen LogP contribution in [0.15, 0.2) is 134 Å². The number of allylic oxidation sites excluding steroid dienone is 3. The van der Waals surface area contributed by atoms with E-state index in [2.05, 4.69) is 174 Å². The summed E-state index contributed by atoms with van der Waals surface area (Å²) in [6.07, 6.45) is 10.8. The Kier molecular flexibility index (Phi) is 7.79. The lowest BCUT2D eigenvalue weighted by molar-refractivity contribution is 0.400. The maximum atomic E-state index is 4.21. The molecular weight excluding hydrogens is 617 g/mol. The van der Waals surface area contributed by atoms with Gasteiger partial charge in [0.2, 0.25) is 0 Å². The standard InChI is InChI=1S/C49H50N2/c1-9-40-44(10-2)50(29-27-47(40,3)4)35-24-26-38-37-25-22-33(31-42(37)49(7,8)43(38)32-35)21-23-34-15-13-17-39-36(34)16-14-20-45(39)51-30-28-48(5,6)41-18-11-12-19-46(41)51/h9-26,31-32H,1-2,27-30H2,3-8H3/b23-21+. The largest absolute Gasteiger partial charge is 0.341 e. The van der Waals surface area contributed by atoms with E-state index in [9.17, 15) is 0 Å². The molecule has 51 heavy (non-hydrogen) atoms. The van der Waals surface area contributed by atoms with Crippen LogP contribution in [0.2, 0.25) is 0 Å². The highest BCUT2D eigenvalue weighted by atomic mass is 15.2. The van der Waals surface area contributed by atoms with Gasteiger partial charge in [0.05, 0.1) is 0 Å². The van der Waals surface area contributed by atoms with E-state index in [0.29, 0.717) is 0 Å². The molecule has 0 aromatic heterocycles. The van der Waals surface area contributed by atoms with Crippen molar-refractivity contribution in [2.45, 2.75) is 65.2 Å². The van der Waals surface area contributed by atoms with Crippen molar-refractivity contribution in [2.75, 3.05) is 22.9 Å². The van der Waals surface area contributed by atoms with Crippen molar-refractivity contribution in [3.8, 4) is 11.1 Å². The Labute approximate surface area is 305 Å². The summed E-state index contributed by atoms with van der Waals surface area (Å²) in [5, 5.41) is 2.58. The smallest absolute Gasteiger partial charge is 0.0490 e. The van der Waals surface area contributed by atoms with Gasteiger partial charge >= 0.3 is 0 Å². The average molecular weight is 667 g/mol. The van der Waals surface area contributed by atoms with Crippen LogP contribution in [0, 0.1) is 5.41 Å². The zero-order valence-corrected chi connectivity index (χ0v) is 31.2. The number of hydrogen-bond acceptors (Lipinski definition) is 2. The lowest BCUT2D eigenvalue weighted by Gasteiger charge is -2.41. The third kappa shape index (κ3) is 5.30. The predicted octanol–water partition coefficient (Wildman–Crippen LogP) is 13.0. The molecule has 1 aliphatic carbocycles. The predicted molar refractivity (Wildman–Crippen MR) is 221 cm³/mol. The Morgan fingerprint density at radius 3 is 2.02 bits per heavy atom. The van der Waals surface area contributed by atoms with E-state index in [1.165, 1.54) is 78.0 Å². The van der Waals surface area contributed by atoms with Crippen molar-refractivity contribution < 1.29 is 0 Å². The van der Waals surface area contributed by atoms with Gasteiger partial charge in [-0.2, -0.15) is 0 Å². The molecule has 0 unspecified atom stereocenters. The molecule has 0 bridgehead atoms. The van der Waals surface area contributed by atoms with E-state index in [4.69, 9.17) is 0 Å². The van der Waals surface area contributed by atoms with Crippen molar-refractivity contribution in [1.82, 2.24) is 0 Å². The summed E-state index contributed by atoms with van der Waals surface area (Å²) in [7, 11) is 0. The fourth-order valence-electron chi connectivity index (χ4n) is 9.08. The van der Waals surface area contributed by atoms with Gasteiger partial charge in [0.15, 0.2) is 0 Å². The van der Waals surface area contributed by atoms with Crippen LogP contribution in [0.4, 0.5) is 17.1 Å². The molecule has 0 atom stereocenters. The third-order valence-corrected chi connectivity index (χ3v) is 12.2. The molecule has 5 aromatic rings. The van der Waals surface area contributed by atoms with Gasteiger partial charge in [-0.1, -0.05) is 146 Å². The first kappa shape index (κ1) is 33.1. The molecule has 0 amide bonds. The van der Waals surface area contributed by atoms with Crippen LogP contribution < -0.4 is 9.80 Å². The van der Waals surface area contributed by atoms with Gasteiger partial charge in [-0.15, -0.1) is 0 Å². The van der Waals surface area contributed by atoms with Gasteiger partial charge in [0, 0.05) is 46.6 Å². The Morgan fingerprint density at radius 1 is 0.569 bits per heavy atom. The van der Waals surface area contributed by atoms with Crippen LogP contribution in [-0.2, 0) is 10.8 Å². The molecule has 2 heteroatoms. The minimum atomic E-state index is -0.118. The number of anilines is 3. The van der Waals surface area contributed by atoms with Crippen molar-refractivity contribution in [3.63, 3.8) is 0 Å². The monoisotopic (exact) mass is 666 g/mol. The van der Waals surface area contributed by atoms with Gasteiger partial charge in [-0.3, -0.25) is 0 Å². The van der Waals surface area contributed by atoms with Crippen LogP contribution in [0.25, 0.3) is 34.1 Å². The summed E-state index contributed by atoms with van der Waals surface area (Å²) in [5.41, 5.74) is 15.8. The minimum Gasteiger partial charge on any atom is -0.341 e. The normalized spacial score (nSPS) is 18.5. The van der Waals surface area contributed by atoms with E-state index in [1.807, 2.05) is 12.2 Å². The highest BCUT2D eigenvalue weighted by Gasteiger charge is 2.37. The molecule has 0 spiro atoms. The number of hydrogen-bond donors (Lipinski definition) is 0. The lowest BCUT2D eigenvalue weighted by Crippen LogP contribution is -2.35. The second kappa shape index (κ2) is 12.0. The van der Waals surface area contributed by atoms with Crippen LogP contribution in [-0.4, -0.2) is 13.1 Å². The minimum absolute atomic E-state index is 0.0866. The molecule has 8 rings (SSSR count). The van der Waals surface area contributed by atoms with Crippen molar-refractivity contribution >= 4 is 40.0 Å². The second-order valence-electron chi connectivity index (χ2n) is 16.5. The highest BCUT2D eigenvalue weighted by Crippen LogP contribution is 2.51. The molecule has 2 aliphatic heterocycles. The second-order valence-corrected chi connectivity index (χ2v) is 16.5. The molecule has 256 valence electrons. The number of nitrogens with zero attached hydrogens (tertiary/aromatic N) is 2. The fourth-order valence-corrected chi connectivity index (χ4v) is 9.08. The molecule has 3 aliphatic rings. The van der Waals surface area contributed by atoms with Crippen LogP contribution >= 0.6 is 0 Å². The Hall–Kier alpha value is -5.08. The Bertz CT molecular complexity index is 2290. The van der Waals surface area contributed by atoms with Crippen molar-refractivity contribution in [1.29, 1.82) is 0 Å². The first-order valence-corrected chi connectivity index (χ1v) is 18.6. The first-order chi connectivity index (χ1) is 24.4. The first-order valence-electron chi connectivity index (χ1n) is 18.6. The van der Waals surface area contributed by atoms with Gasteiger partial charge in [-0.25, -0.2) is 0 Å². The molecule has 0 N–H and O–H groups in total. The summed E-state index contributed by atoms with van der Waals surface area (Å²) in [6.45, 7) is 24.5. The number of benzene rings is 5. The molecule has 0 saturated carbocycles. The average Bonchev–Trinajstić information content (AvgIpc) is 3.35. The summed E-state index contributed by atoms with van der Waals surface area (Å²) in [5.74, 6) is 0. The molecule has 0 radical (unpaired) electrons. The molecule has 2 nitrogen and oxygen atoms in total. The SMILES string of the molecule is C=CC1=C(C=C)C(C)(C)CCN1c1ccc2c(c1)C(C)(C)c1cc(/C=C/c3cccc4c(N5CCC(C)(C)c6ccccc65)cccc34)ccc1-2. The molecular formula is C49H50N2. The van der Waals surface area contributed by atoms with Gasteiger partial charge in [0.1, 0.15) is 0 Å². The van der Waals surface area contributed by atoms with E-state index >= 15 is 0 Å². The molecule has 2 heterocycles. The van der Waals surface area contributed by atoms with E-state index < -0.39 is 0 Å².